The molecule has 0 heterocycles. The van der Waals surface area contributed by atoms with Gasteiger partial charge < -0.3 is 9.47 Å². The molecule has 0 radical (unpaired) electrons. The molecule has 0 bridgehead atoms. The van der Waals surface area contributed by atoms with Gasteiger partial charge >= 0.3 is 5.97 Å². The highest BCUT2D eigenvalue weighted by molar-refractivity contribution is 5.75. The summed E-state index contributed by atoms with van der Waals surface area (Å²) in [7, 11) is 0. The maximum Gasteiger partial charge on any atom is 0.347 e. The second kappa shape index (κ2) is 5.89. The Kier molecular flexibility index (Phi) is 4.76. The molecule has 0 spiro atoms. The van der Waals surface area contributed by atoms with Crippen LogP contribution in [0.4, 0.5) is 0 Å². The standard InChI is InChI=1S/C15H22O3/c1-6-12-7-9-13(10-8-12)17-11(2)14(16)18-15(3,4)5/h7-11H,6H2,1-5H3. The Morgan fingerprint density at radius 2 is 1.78 bits per heavy atom. The Morgan fingerprint density at radius 1 is 1.22 bits per heavy atom. The van der Waals surface area contributed by atoms with Gasteiger partial charge in [-0.25, -0.2) is 4.79 Å². The minimum Gasteiger partial charge on any atom is -0.479 e. The monoisotopic (exact) mass is 250 g/mol. The number of benzene rings is 1. The second-order valence-corrected chi connectivity index (χ2v) is 5.29. The molecule has 1 unspecified atom stereocenters. The lowest BCUT2D eigenvalue weighted by atomic mass is 10.2. The van der Waals surface area contributed by atoms with Crippen molar-refractivity contribution in [2.45, 2.75) is 52.7 Å². The fraction of sp³-hybridized carbons (Fsp3) is 0.533. The average Bonchev–Trinajstić information content (AvgIpc) is 2.27. The highest BCUT2D eigenvalue weighted by Gasteiger charge is 2.22. The van der Waals surface area contributed by atoms with E-state index in [0.717, 1.165) is 6.42 Å². The van der Waals surface area contributed by atoms with E-state index >= 15 is 0 Å². The fourth-order valence-corrected chi connectivity index (χ4v) is 1.44. The van der Waals surface area contributed by atoms with Gasteiger partial charge in [0.05, 0.1) is 0 Å². The van der Waals surface area contributed by atoms with Crippen LogP contribution in [0.3, 0.4) is 0 Å². The summed E-state index contributed by atoms with van der Waals surface area (Å²) in [5, 5.41) is 0. The van der Waals surface area contributed by atoms with Crippen molar-refractivity contribution < 1.29 is 14.3 Å². The van der Waals surface area contributed by atoms with Crippen LogP contribution in [0.5, 0.6) is 5.75 Å². The second-order valence-electron chi connectivity index (χ2n) is 5.29. The van der Waals surface area contributed by atoms with Gasteiger partial charge in [-0.2, -0.15) is 0 Å². The Bertz CT molecular complexity index is 387. The summed E-state index contributed by atoms with van der Waals surface area (Å²) < 4.78 is 10.8. The topological polar surface area (TPSA) is 35.5 Å². The SMILES string of the molecule is CCc1ccc(OC(C)C(=O)OC(C)(C)C)cc1. The van der Waals surface area contributed by atoms with Gasteiger partial charge in [-0.3, -0.25) is 0 Å². The number of rotatable bonds is 4. The summed E-state index contributed by atoms with van der Waals surface area (Å²) in [6.45, 7) is 9.32. The van der Waals surface area contributed by atoms with E-state index in [0.29, 0.717) is 5.75 Å². The van der Waals surface area contributed by atoms with Gasteiger partial charge in [0.2, 0.25) is 0 Å². The smallest absolute Gasteiger partial charge is 0.347 e. The van der Waals surface area contributed by atoms with Crippen LogP contribution in [0.15, 0.2) is 24.3 Å². The molecule has 3 heteroatoms. The zero-order valence-corrected chi connectivity index (χ0v) is 11.8. The highest BCUT2D eigenvalue weighted by atomic mass is 16.6. The van der Waals surface area contributed by atoms with Crippen LogP contribution in [0, 0.1) is 0 Å². The predicted octanol–water partition coefficient (Wildman–Crippen LogP) is 3.36. The van der Waals surface area contributed by atoms with Crippen molar-refractivity contribution in [3.8, 4) is 5.75 Å². The third kappa shape index (κ3) is 4.78. The summed E-state index contributed by atoms with van der Waals surface area (Å²) in [4.78, 5) is 11.7. The lowest BCUT2D eigenvalue weighted by molar-refractivity contribution is -0.162. The molecule has 0 N–H and O–H groups in total. The normalized spacial score (nSPS) is 12.9. The zero-order valence-electron chi connectivity index (χ0n) is 11.8. The molecule has 0 aliphatic heterocycles. The van der Waals surface area contributed by atoms with Gasteiger partial charge in [-0.05, 0) is 51.8 Å². The van der Waals surface area contributed by atoms with E-state index in [-0.39, 0.29) is 5.97 Å². The maximum absolute atomic E-state index is 11.7. The largest absolute Gasteiger partial charge is 0.479 e. The number of esters is 1. The van der Waals surface area contributed by atoms with Crippen LogP contribution in [-0.4, -0.2) is 17.7 Å². The minimum atomic E-state index is -0.600. The molecule has 0 fully saturated rings. The van der Waals surface area contributed by atoms with Gasteiger partial charge in [-0.15, -0.1) is 0 Å². The highest BCUT2D eigenvalue weighted by Crippen LogP contribution is 2.16. The molecule has 1 atom stereocenters. The van der Waals surface area contributed by atoms with E-state index in [1.165, 1.54) is 5.56 Å². The van der Waals surface area contributed by atoms with E-state index in [9.17, 15) is 4.79 Å². The first-order valence-corrected chi connectivity index (χ1v) is 6.30. The van der Waals surface area contributed by atoms with Crippen molar-refractivity contribution in [3.63, 3.8) is 0 Å². The van der Waals surface area contributed by atoms with Crippen molar-refractivity contribution in [1.82, 2.24) is 0 Å². The molecular weight excluding hydrogens is 228 g/mol. The number of aryl methyl sites for hydroxylation is 1. The fourth-order valence-electron chi connectivity index (χ4n) is 1.44. The number of carbonyl (C=O) groups excluding carboxylic acids is 1. The molecule has 0 aromatic heterocycles. The van der Waals surface area contributed by atoms with Crippen LogP contribution >= 0.6 is 0 Å². The Morgan fingerprint density at radius 3 is 2.22 bits per heavy atom. The van der Waals surface area contributed by atoms with Crippen molar-refractivity contribution in [2.75, 3.05) is 0 Å². The first kappa shape index (κ1) is 14.6. The number of ether oxygens (including phenoxy) is 2. The van der Waals surface area contributed by atoms with E-state index in [2.05, 4.69) is 6.92 Å². The van der Waals surface area contributed by atoms with E-state index < -0.39 is 11.7 Å². The van der Waals surface area contributed by atoms with Gasteiger partial charge in [0.1, 0.15) is 11.4 Å². The summed E-state index contributed by atoms with van der Waals surface area (Å²) in [6.07, 6.45) is 0.388. The van der Waals surface area contributed by atoms with E-state index in [1.54, 1.807) is 6.92 Å². The molecule has 0 amide bonds. The lowest BCUT2D eigenvalue weighted by Gasteiger charge is -2.22. The number of hydrogen-bond donors (Lipinski definition) is 0. The number of hydrogen-bond acceptors (Lipinski definition) is 3. The molecule has 18 heavy (non-hydrogen) atoms. The van der Waals surface area contributed by atoms with Gasteiger partial charge in [-0.1, -0.05) is 19.1 Å². The van der Waals surface area contributed by atoms with E-state index in [1.807, 2.05) is 45.0 Å². The van der Waals surface area contributed by atoms with Crippen molar-refractivity contribution in [2.24, 2.45) is 0 Å². The molecule has 0 aliphatic rings. The third-order valence-corrected chi connectivity index (χ3v) is 2.38. The summed E-state index contributed by atoms with van der Waals surface area (Å²) in [6, 6.07) is 7.74. The first-order valence-electron chi connectivity index (χ1n) is 6.30. The molecule has 0 aliphatic carbocycles. The number of carbonyl (C=O) groups is 1. The molecular formula is C15H22O3. The minimum absolute atomic E-state index is 0.345. The first-order chi connectivity index (χ1) is 8.31. The van der Waals surface area contributed by atoms with Crippen LogP contribution < -0.4 is 4.74 Å². The predicted molar refractivity (Wildman–Crippen MR) is 71.8 cm³/mol. The van der Waals surface area contributed by atoms with Gasteiger partial charge in [0.15, 0.2) is 6.10 Å². The van der Waals surface area contributed by atoms with Crippen molar-refractivity contribution in [3.05, 3.63) is 29.8 Å². The van der Waals surface area contributed by atoms with Crippen LogP contribution in [0.25, 0.3) is 0 Å². The summed E-state index contributed by atoms with van der Waals surface area (Å²) in [5.41, 5.74) is 0.757. The quantitative estimate of drug-likeness (QED) is 0.769. The molecule has 3 nitrogen and oxygen atoms in total. The average molecular weight is 250 g/mol. The summed E-state index contributed by atoms with van der Waals surface area (Å²) >= 11 is 0. The van der Waals surface area contributed by atoms with Crippen LogP contribution in [0.2, 0.25) is 0 Å². The zero-order chi connectivity index (χ0) is 13.8. The molecule has 100 valence electrons. The Hall–Kier alpha value is -1.51. The van der Waals surface area contributed by atoms with Crippen LogP contribution in [0.1, 0.15) is 40.2 Å². The van der Waals surface area contributed by atoms with Crippen molar-refractivity contribution in [1.29, 1.82) is 0 Å². The lowest BCUT2D eigenvalue weighted by Crippen LogP contribution is -2.33. The van der Waals surface area contributed by atoms with E-state index in [4.69, 9.17) is 9.47 Å². The summed E-state index contributed by atoms with van der Waals surface area (Å²) in [5.74, 6) is 0.340. The van der Waals surface area contributed by atoms with Gasteiger partial charge in [0, 0.05) is 0 Å². The Balaban J connectivity index is 2.58. The molecule has 1 aromatic rings. The Labute approximate surface area is 109 Å². The molecule has 0 saturated heterocycles. The van der Waals surface area contributed by atoms with Gasteiger partial charge in [0.25, 0.3) is 0 Å². The molecule has 0 saturated carbocycles. The maximum atomic E-state index is 11.7. The molecule has 1 rings (SSSR count). The third-order valence-electron chi connectivity index (χ3n) is 2.38. The molecule has 1 aromatic carbocycles. The van der Waals surface area contributed by atoms with Crippen LogP contribution in [-0.2, 0) is 16.0 Å². The van der Waals surface area contributed by atoms with Crippen molar-refractivity contribution >= 4 is 5.97 Å².